The highest BCUT2D eigenvalue weighted by atomic mass is 32.2. The molecule has 17 nitrogen and oxygen atoms in total. The molecule has 0 aromatic heterocycles. The van der Waals surface area contributed by atoms with Crippen molar-refractivity contribution in [3.05, 3.63) is 47.8 Å². The summed E-state index contributed by atoms with van der Waals surface area (Å²) in [6.07, 6.45) is 0. The van der Waals surface area contributed by atoms with Gasteiger partial charge in [0.1, 0.15) is 43.3 Å². The fourth-order valence-corrected chi connectivity index (χ4v) is 5.47. The maximum atomic E-state index is 13.9. The van der Waals surface area contributed by atoms with Gasteiger partial charge in [-0.2, -0.15) is 25.3 Å². The van der Waals surface area contributed by atoms with E-state index in [0.29, 0.717) is 18.2 Å². The molecular formula is C19H16FN6O11S4-. The van der Waals surface area contributed by atoms with Gasteiger partial charge >= 0.3 is 0 Å². The van der Waals surface area contributed by atoms with Gasteiger partial charge in [-0.05, 0) is 60.0 Å². The van der Waals surface area contributed by atoms with Gasteiger partial charge < -0.3 is 16.0 Å². The monoisotopic (exact) mass is 651 g/mol. The lowest BCUT2D eigenvalue weighted by molar-refractivity contribution is 0.480. The van der Waals surface area contributed by atoms with E-state index in [0.717, 1.165) is 18.2 Å². The molecule has 1 atom stereocenters. The van der Waals surface area contributed by atoms with E-state index >= 15 is 0 Å². The average Bonchev–Trinajstić information content (AvgIpc) is 2.83. The van der Waals surface area contributed by atoms with Crippen molar-refractivity contribution in [2.24, 2.45) is 20.5 Å². The number of halogens is 1. The second-order valence-electron chi connectivity index (χ2n) is 7.83. The first kappa shape index (κ1) is 31.8. The van der Waals surface area contributed by atoms with Gasteiger partial charge in [0.05, 0.1) is 11.4 Å². The van der Waals surface area contributed by atoms with E-state index in [9.17, 15) is 52.1 Å². The van der Waals surface area contributed by atoms with Crippen LogP contribution in [-0.4, -0.2) is 47.7 Å². The summed E-state index contributed by atoms with van der Waals surface area (Å²) in [6.45, 7) is 1.23. The summed E-state index contributed by atoms with van der Waals surface area (Å²) in [6, 6.07) is 4.21. The van der Waals surface area contributed by atoms with E-state index in [1.54, 1.807) is 0 Å². The van der Waals surface area contributed by atoms with Gasteiger partial charge in [0.25, 0.3) is 30.4 Å². The van der Waals surface area contributed by atoms with Crippen molar-refractivity contribution in [3.63, 3.8) is 0 Å². The number of nitrogen functional groups attached to an aromatic ring is 2. The predicted octanol–water partition coefficient (Wildman–Crippen LogP) is 3.11. The van der Waals surface area contributed by atoms with Crippen LogP contribution in [-0.2, 0) is 41.4 Å². The van der Waals surface area contributed by atoms with Crippen molar-refractivity contribution in [2.75, 3.05) is 11.5 Å². The summed E-state index contributed by atoms with van der Waals surface area (Å²) >= 11 is -2.90. The van der Waals surface area contributed by atoms with Crippen LogP contribution < -0.4 is 11.5 Å². The zero-order chi connectivity index (χ0) is 31.1. The lowest BCUT2D eigenvalue weighted by Gasteiger charge is -2.11. The SMILES string of the molecule is Cc1cc(N=Nc2c(N)c(N=Nc3ccc(S(=O)[O-])cc3S(=O)(=O)O)cc(S(=O)(=O)O)c2N)c(S(=O)(=O)O)cc1F. The minimum absolute atomic E-state index is 0.130. The van der Waals surface area contributed by atoms with Gasteiger partial charge in [-0.3, -0.25) is 17.9 Å². The lowest BCUT2D eigenvalue weighted by atomic mass is 10.2. The Morgan fingerprint density at radius 3 is 1.78 bits per heavy atom. The predicted molar refractivity (Wildman–Crippen MR) is 138 cm³/mol. The van der Waals surface area contributed by atoms with Gasteiger partial charge in [-0.1, -0.05) is 0 Å². The average molecular weight is 652 g/mol. The maximum Gasteiger partial charge on any atom is 0.296 e. The van der Waals surface area contributed by atoms with E-state index in [1.807, 2.05) is 0 Å². The molecule has 0 saturated carbocycles. The molecule has 0 heterocycles. The summed E-state index contributed by atoms with van der Waals surface area (Å²) in [5.41, 5.74) is 7.54. The molecule has 0 fully saturated rings. The molecule has 0 amide bonds. The van der Waals surface area contributed by atoms with Crippen molar-refractivity contribution in [3.8, 4) is 0 Å². The third kappa shape index (κ3) is 7.12. The molecule has 0 aliphatic rings. The molecular weight excluding hydrogens is 636 g/mol. The fourth-order valence-electron chi connectivity index (χ4n) is 3.10. The first-order valence-corrected chi connectivity index (χ1v) is 15.6. The zero-order valence-electron chi connectivity index (χ0n) is 20.0. The zero-order valence-corrected chi connectivity index (χ0v) is 23.3. The van der Waals surface area contributed by atoms with Crippen LogP contribution in [0, 0.1) is 12.7 Å². The molecule has 0 aliphatic heterocycles. The molecule has 3 aromatic carbocycles. The summed E-state index contributed by atoms with van der Waals surface area (Å²) < 4.78 is 135. The largest absolute Gasteiger partial charge is 0.768 e. The number of azo groups is 2. The van der Waals surface area contributed by atoms with Gasteiger partial charge in [0.2, 0.25) is 0 Å². The number of nitrogens with two attached hydrogens (primary N) is 2. The summed E-state index contributed by atoms with van der Waals surface area (Å²) in [4.78, 5) is -3.61. The highest BCUT2D eigenvalue weighted by Gasteiger charge is 2.24. The molecule has 0 bridgehead atoms. The molecule has 0 aliphatic carbocycles. The molecule has 220 valence electrons. The Balaban J connectivity index is 2.27. The molecule has 1 unspecified atom stereocenters. The molecule has 41 heavy (non-hydrogen) atoms. The molecule has 22 heteroatoms. The number of anilines is 2. The van der Waals surface area contributed by atoms with E-state index < -0.39 is 101 Å². The van der Waals surface area contributed by atoms with Crippen LogP contribution in [0.25, 0.3) is 0 Å². The van der Waals surface area contributed by atoms with Crippen molar-refractivity contribution in [1.82, 2.24) is 0 Å². The Bertz CT molecular complexity index is 2000. The van der Waals surface area contributed by atoms with Gasteiger partial charge in [-0.25, -0.2) is 4.39 Å². The second kappa shape index (κ2) is 11.2. The fraction of sp³-hybridized carbons (Fsp3) is 0.0526. The van der Waals surface area contributed by atoms with E-state index in [4.69, 9.17) is 11.5 Å². The lowest BCUT2D eigenvalue weighted by Crippen LogP contribution is -2.05. The Labute approximate surface area is 233 Å². The summed E-state index contributed by atoms with van der Waals surface area (Å²) in [5, 5.41) is 14.3. The molecule has 7 N–H and O–H groups in total. The summed E-state index contributed by atoms with van der Waals surface area (Å²) in [5.74, 6) is -1.02. The van der Waals surface area contributed by atoms with Crippen molar-refractivity contribution < 1.29 is 52.1 Å². The number of hydrogen-bond acceptors (Lipinski definition) is 14. The van der Waals surface area contributed by atoms with E-state index in [1.165, 1.54) is 6.92 Å². The van der Waals surface area contributed by atoms with Crippen LogP contribution >= 0.6 is 0 Å². The van der Waals surface area contributed by atoms with E-state index in [-0.39, 0.29) is 5.56 Å². The van der Waals surface area contributed by atoms with Crippen molar-refractivity contribution >= 4 is 75.6 Å². The smallest absolute Gasteiger partial charge is 0.296 e. The van der Waals surface area contributed by atoms with Gasteiger partial charge in [-0.15, -0.1) is 20.5 Å². The summed E-state index contributed by atoms with van der Waals surface area (Å²) in [7, 11) is -15.2. The molecule has 0 spiro atoms. The Kier molecular flexibility index (Phi) is 8.71. The minimum Gasteiger partial charge on any atom is -0.768 e. The van der Waals surface area contributed by atoms with Crippen LogP contribution in [0.4, 0.5) is 38.5 Å². The maximum absolute atomic E-state index is 13.9. The molecule has 3 rings (SSSR count). The molecule has 3 aromatic rings. The number of rotatable bonds is 8. The number of benzene rings is 3. The number of aryl methyl sites for hydroxylation is 1. The number of hydrogen-bond donors (Lipinski definition) is 5. The van der Waals surface area contributed by atoms with Crippen LogP contribution in [0.15, 0.2) is 76.4 Å². The van der Waals surface area contributed by atoms with Crippen LogP contribution in [0.2, 0.25) is 0 Å². The van der Waals surface area contributed by atoms with Crippen LogP contribution in [0.5, 0.6) is 0 Å². The standard InChI is InChI=1S/C19H17FN6O11S4/c1-8-4-12(15(6-10(8)20)40(32,33)34)24-26-19-17(21)13(7-16(18(19)22)41(35,36)37)25-23-11-3-2-9(38(27)28)5-14(11)39(29,30)31/h2-7H,21-22H2,1H3,(H,27,28)(H,29,30,31)(H,32,33,34)(H,35,36,37)/p-1. The highest BCUT2D eigenvalue weighted by Crippen LogP contribution is 2.43. The first-order chi connectivity index (χ1) is 18.7. The van der Waals surface area contributed by atoms with Crippen molar-refractivity contribution in [1.29, 1.82) is 0 Å². The molecule has 0 radical (unpaired) electrons. The minimum atomic E-state index is -5.13. The second-order valence-corrected chi connectivity index (χ2v) is 12.9. The Morgan fingerprint density at radius 2 is 1.24 bits per heavy atom. The van der Waals surface area contributed by atoms with E-state index in [2.05, 4.69) is 20.5 Å². The Hall–Kier alpha value is -3.77. The van der Waals surface area contributed by atoms with Gasteiger partial charge in [0.15, 0.2) is 0 Å². The van der Waals surface area contributed by atoms with Crippen LogP contribution in [0.1, 0.15) is 5.56 Å². The van der Waals surface area contributed by atoms with Crippen molar-refractivity contribution in [2.45, 2.75) is 26.5 Å². The normalized spacial score (nSPS) is 13.7. The highest BCUT2D eigenvalue weighted by molar-refractivity contribution is 7.86. The van der Waals surface area contributed by atoms with Gasteiger partial charge in [0, 0.05) is 4.90 Å². The Morgan fingerprint density at radius 1 is 0.732 bits per heavy atom. The first-order valence-electron chi connectivity index (χ1n) is 10.2. The number of nitrogens with zero attached hydrogens (tertiary/aromatic N) is 4. The molecule has 0 saturated heterocycles. The third-order valence-corrected chi connectivity index (χ3v) is 8.34. The van der Waals surface area contributed by atoms with Crippen LogP contribution in [0.3, 0.4) is 0 Å². The topological polar surface area (TPSA) is 305 Å². The third-order valence-electron chi connectivity index (χ3n) is 5.04. The quantitative estimate of drug-likeness (QED) is 0.101.